The number of aromatic nitrogens is 1. The van der Waals surface area contributed by atoms with Crippen LogP contribution in [0.3, 0.4) is 0 Å². The van der Waals surface area contributed by atoms with Crippen LogP contribution >= 0.6 is 11.6 Å². The fraction of sp³-hybridized carbons (Fsp3) is 0.455. The number of carbonyl (C=O) groups excluding carboxylic acids is 1. The lowest BCUT2D eigenvalue weighted by Gasteiger charge is -2.06. The van der Waals surface area contributed by atoms with Crippen LogP contribution in [-0.2, 0) is 14.2 Å². The Morgan fingerprint density at radius 2 is 2.10 bits per heavy atom. The first kappa shape index (κ1) is 16.3. The normalized spacial score (nSPS) is 10.3. The molecule has 1 rings (SSSR count). The monoisotopic (exact) mass is 304 g/mol. The molecule has 0 aliphatic rings. The van der Waals surface area contributed by atoms with E-state index in [0.717, 1.165) is 12.3 Å². The van der Waals surface area contributed by atoms with Crippen LogP contribution in [0.1, 0.15) is 10.4 Å². The average molecular weight is 305 g/mol. The third kappa shape index (κ3) is 5.08. The van der Waals surface area contributed by atoms with Gasteiger partial charge in [-0.3, -0.25) is 10.1 Å². The largest absolute Gasteiger partial charge is 0.460 e. The lowest BCUT2D eigenvalue weighted by Crippen LogP contribution is -2.13. The highest BCUT2D eigenvalue weighted by Crippen LogP contribution is 2.19. The van der Waals surface area contributed by atoms with E-state index in [1.165, 1.54) is 0 Å². The third-order valence-electron chi connectivity index (χ3n) is 2.15. The van der Waals surface area contributed by atoms with Gasteiger partial charge in [-0.1, -0.05) is 11.6 Å². The number of pyridine rings is 1. The average Bonchev–Trinajstić information content (AvgIpc) is 2.42. The van der Waals surface area contributed by atoms with Gasteiger partial charge in [-0.15, -0.1) is 0 Å². The number of rotatable bonds is 8. The second kappa shape index (κ2) is 8.41. The van der Waals surface area contributed by atoms with Crippen molar-refractivity contribution < 1.29 is 23.9 Å². The molecule has 0 amide bonds. The zero-order chi connectivity index (χ0) is 15.0. The number of nitro groups is 1. The Hall–Kier alpha value is -1.77. The van der Waals surface area contributed by atoms with Crippen molar-refractivity contribution in [3.05, 3.63) is 33.1 Å². The smallest absolute Gasteiger partial charge is 0.341 e. The first-order chi connectivity index (χ1) is 9.56. The standard InChI is InChI=1S/C11H13ClN2O6/c1-18-2-3-19-4-5-20-11(15)9-6-8(14(16)17)7-13-10(9)12/h6-7H,2-5H2,1H3. The van der Waals surface area contributed by atoms with Crippen molar-refractivity contribution in [2.75, 3.05) is 33.5 Å². The minimum absolute atomic E-state index is 0.00156. The molecule has 0 spiro atoms. The summed E-state index contributed by atoms with van der Waals surface area (Å²) >= 11 is 5.69. The van der Waals surface area contributed by atoms with Gasteiger partial charge in [0.15, 0.2) is 0 Å². The molecule has 0 aliphatic carbocycles. The van der Waals surface area contributed by atoms with E-state index in [2.05, 4.69) is 4.98 Å². The Morgan fingerprint density at radius 3 is 2.75 bits per heavy atom. The summed E-state index contributed by atoms with van der Waals surface area (Å²) in [7, 11) is 1.54. The molecule has 9 heteroatoms. The van der Waals surface area contributed by atoms with Crippen molar-refractivity contribution in [3.63, 3.8) is 0 Å². The van der Waals surface area contributed by atoms with Crippen LogP contribution in [0.2, 0.25) is 5.15 Å². The number of halogens is 1. The second-order valence-electron chi connectivity index (χ2n) is 3.53. The van der Waals surface area contributed by atoms with Gasteiger partial charge >= 0.3 is 5.97 Å². The molecular formula is C11H13ClN2O6. The summed E-state index contributed by atoms with van der Waals surface area (Å²) in [4.78, 5) is 25.2. The Kier molecular flexibility index (Phi) is 6.85. The van der Waals surface area contributed by atoms with E-state index in [1.54, 1.807) is 7.11 Å². The van der Waals surface area contributed by atoms with Crippen LogP contribution in [0.5, 0.6) is 0 Å². The lowest BCUT2D eigenvalue weighted by atomic mass is 10.2. The highest BCUT2D eigenvalue weighted by atomic mass is 35.5. The predicted molar refractivity (Wildman–Crippen MR) is 68.9 cm³/mol. The van der Waals surface area contributed by atoms with Gasteiger partial charge in [0.1, 0.15) is 23.5 Å². The zero-order valence-electron chi connectivity index (χ0n) is 10.7. The van der Waals surface area contributed by atoms with E-state index in [-0.39, 0.29) is 29.6 Å². The summed E-state index contributed by atoms with van der Waals surface area (Å²) < 4.78 is 14.7. The number of methoxy groups -OCH3 is 1. The van der Waals surface area contributed by atoms with Gasteiger partial charge < -0.3 is 14.2 Å². The van der Waals surface area contributed by atoms with Crippen LogP contribution < -0.4 is 0 Å². The number of hydrogen-bond donors (Lipinski definition) is 0. The minimum atomic E-state index is -0.790. The second-order valence-corrected chi connectivity index (χ2v) is 3.89. The molecule has 8 nitrogen and oxygen atoms in total. The Bertz CT molecular complexity index is 482. The Labute approximate surface area is 119 Å². The third-order valence-corrected chi connectivity index (χ3v) is 2.45. The first-order valence-electron chi connectivity index (χ1n) is 5.60. The van der Waals surface area contributed by atoms with Gasteiger partial charge in [0.05, 0.1) is 24.7 Å². The summed E-state index contributed by atoms with van der Waals surface area (Å²) in [5.41, 5.74) is -0.490. The number of carbonyl (C=O) groups is 1. The molecule has 0 N–H and O–H groups in total. The van der Waals surface area contributed by atoms with E-state index >= 15 is 0 Å². The summed E-state index contributed by atoms with van der Waals surface area (Å²) in [5.74, 6) is -0.790. The van der Waals surface area contributed by atoms with E-state index in [0.29, 0.717) is 13.2 Å². The highest BCUT2D eigenvalue weighted by Gasteiger charge is 2.18. The van der Waals surface area contributed by atoms with Crippen molar-refractivity contribution in [1.29, 1.82) is 0 Å². The molecule has 0 aromatic carbocycles. The molecule has 0 saturated carbocycles. The van der Waals surface area contributed by atoms with Gasteiger partial charge in [0, 0.05) is 13.2 Å². The van der Waals surface area contributed by atoms with Crippen LogP contribution in [0.15, 0.2) is 12.3 Å². The molecule has 0 bridgehead atoms. The highest BCUT2D eigenvalue weighted by molar-refractivity contribution is 6.32. The topological polar surface area (TPSA) is 101 Å². The first-order valence-corrected chi connectivity index (χ1v) is 5.97. The summed E-state index contributed by atoms with van der Waals surface area (Å²) in [5, 5.41) is 10.4. The summed E-state index contributed by atoms with van der Waals surface area (Å²) in [6.07, 6.45) is 0.965. The van der Waals surface area contributed by atoms with Gasteiger partial charge in [-0.05, 0) is 0 Å². The zero-order valence-corrected chi connectivity index (χ0v) is 11.5. The number of hydrogen-bond acceptors (Lipinski definition) is 7. The number of ether oxygens (including phenoxy) is 3. The molecule has 0 radical (unpaired) electrons. The van der Waals surface area contributed by atoms with E-state index in [4.69, 9.17) is 25.8 Å². The van der Waals surface area contributed by atoms with Crippen LogP contribution in [0.4, 0.5) is 5.69 Å². The van der Waals surface area contributed by atoms with Gasteiger partial charge in [-0.25, -0.2) is 9.78 Å². The maximum absolute atomic E-state index is 11.7. The van der Waals surface area contributed by atoms with Crippen molar-refractivity contribution in [2.45, 2.75) is 0 Å². The Balaban J connectivity index is 2.50. The maximum atomic E-state index is 11.7. The molecule has 0 unspecified atom stereocenters. The molecule has 1 aromatic rings. The SMILES string of the molecule is COCCOCCOC(=O)c1cc([N+](=O)[O-])cnc1Cl. The van der Waals surface area contributed by atoms with Gasteiger partial charge in [0.2, 0.25) is 0 Å². The van der Waals surface area contributed by atoms with Crippen molar-refractivity contribution >= 4 is 23.3 Å². The predicted octanol–water partition coefficient (Wildman–Crippen LogP) is 1.46. The lowest BCUT2D eigenvalue weighted by molar-refractivity contribution is -0.385. The molecule has 0 fully saturated rings. The molecule has 1 heterocycles. The molecular weight excluding hydrogens is 292 g/mol. The van der Waals surface area contributed by atoms with Crippen LogP contribution in [-0.4, -0.2) is 49.4 Å². The van der Waals surface area contributed by atoms with Crippen molar-refractivity contribution in [3.8, 4) is 0 Å². The van der Waals surface area contributed by atoms with Crippen LogP contribution in [0, 0.1) is 10.1 Å². The van der Waals surface area contributed by atoms with Crippen molar-refractivity contribution in [2.24, 2.45) is 0 Å². The maximum Gasteiger partial charge on any atom is 0.341 e. The van der Waals surface area contributed by atoms with Gasteiger partial charge in [-0.2, -0.15) is 0 Å². The fourth-order valence-corrected chi connectivity index (χ4v) is 1.38. The fourth-order valence-electron chi connectivity index (χ4n) is 1.20. The molecule has 0 atom stereocenters. The summed E-state index contributed by atoms with van der Waals surface area (Å²) in [6, 6.07) is 1.02. The molecule has 0 aliphatic heterocycles. The molecule has 110 valence electrons. The number of nitrogens with zero attached hydrogens (tertiary/aromatic N) is 2. The van der Waals surface area contributed by atoms with Crippen molar-refractivity contribution in [1.82, 2.24) is 4.98 Å². The minimum Gasteiger partial charge on any atom is -0.460 e. The summed E-state index contributed by atoms with van der Waals surface area (Å²) in [6.45, 7) is 1.01. The van der Waals surface area contributed by atoms with E-state index in [9.17, 15) is 14.9 Å². The number of esters is 1. The van der Waals surface area contributed by atoms with Crippen LogP contribution in [0.25, 0.3) is 0 Å². The quantitative estimate of drug-likeness (QED) is 0.235. The Morgan fingerprint density at radius 1 is 1.40 bits per heavy atom. The van der Waals surface area contributed by atoms with E-state index < -0.39 is 10.9 Å². The molecule has 1 aromatic heterocycles. The van der Waals surface area contributed by atoms with Gasteiger partial charge in [0.25, 0.3) is 5.69 Å². The molecule has 0 saturated heterocycles. The van der Waals surface area contributed by atoms with E-state index in [1.807, 2.05) is 0 Å². The molecule has 20 heavy (non-hydrogen) atoms.